The van der Waals surface area contributed by atoms with E-state index < -0.39 is 9.84 Å². The van der Waals surface area contributed by atoms with Crippen molar-refractivity contribution in [2.45, 2.75) is 25.9 Å². The summed E-state index contributed by atoms with van der Waals surface area (Å²) in [5.41, 5.74) is 3.62. The topological polar surface area (TPSA) is 116 Å². The maximum absolute atomic E-state index is 13.4. The highest BCUT2D eigenvalue weighted by atomic mass is 32.2. The maximum Gasteiger partial charge on any atom is 0.252 e. The number of carbonyl (C=O) groups excluding carboxylic acids is 1. The molecule has 0 bridgehead atoms. The van der Waals surface area contributed by atoms with Crippen molar-refractivity contribution in [3.63, 3.8) is 0 Å². The van der Waals surface area contributed by atoms with Gasteiger partial charge in [0, 0.05) is 11.8 Å². The fourth-order valence-corrected chi connectivity index (χ4v) is 6.11. The van der Waals surface area contributed by atoms with E-state index in [9.17, 15) is 13.2 Å². The number of nitrogens with one attached hydrogen (secondary N) is 1. The second kappa shape index (κ2) is 9.10. The molecular formula is C25H25N5O4S. The molecule has 3 aromatic heterocycles. The predicted molar refractivity (Wildman–Crippen MR) is 132 cm³/mol. The van der Waals surface area contributed by atoms with Crippen LogP contribution in [0.15, 0.2) is 54.7 Å². The first-order chi connectivity index (χ1) is 16.8. The van der Waals surface area contributed by atoms with E-state index in [0.717, 1.165) is 11.3 Å². The molecule has 10 heteroatoms. The number of hydrogen-bond donors (Lipinski definition) is 1. The van der Waals surface area contributed by atoms with E-state index in [-0.39, 0.29) is 30.0 Å². The quantitative estimate of drug-likeness (QED) is 0.441. The van der Waals surface area contributed by atoms with Crippen LogP contribution in [0, 0.1) is 6.92 Å². The smallest absolute Gasteiger partial charge is 0.252 e. The Hall–Kier alpha value is -3.79. The summed E-state index contributed by atoms with van der Waals surface area (Å²) in [5, 5.41) is 8.19. The first-order valence-electron chi connectivity index (χ1n) is 11.3. The van der Waals surface area contributed by atoms with Crippen LogP contribution in [0.25, 0.3) is 22.3 Å². The average molecular weight is 492 g/mol. The van der Waals surface area contributed by atoms with E-state index in [1.165, 1.54) is 0 Å². The SMILES string of the molecule is COc1cccc(-c2cc(C(=O)NCc3ccccn3)c3c(C)nn(C4CCS(=O)(=O)C4)c3n2)c1. The van der Waals surface area contributed by atoms with Crippen LogP contribution >= 0.6 is 0 Å². The molecule has 1 aromatic carbocycles. The lowest BCUT2D eigenvalue weighted by Crippen LogP contribution is -2.24. The third-order valence-electron chi connectivity index (χ3n) is 6.16. The maximum atomic E-state index is 13.4. The van der Waals surface area contributed by atoms with Crippen LogP contribution in [-0.4, -0.2) is 52.7 Å². The molecule has 1 atom stereocenters. The summed E-state index contributed by atoms with van der Waals surface area (Å²) in [6, 6.07) is 14.4. The number of ether oxygens (including phenoxy) is 1. The zero-order chi connectivity index (χ0) is 24.6. The Morgan fingerprint density at radius 1 is 1.20 bits per heavy atom. The highest BCUT2D eigenvalue weighted by Crippen LogP contribution is 2.32. The molecule has 0 saturated carbocycles. The summed E-state index contributed by atoms with van der Waals surface area (Å²) in [7, 11) is -1.54. The van der Waals surface area contributed by atoms with Gasteiger partial charge >= 0.3 is 0 Å². The Morgan fingerprint density at radius 2 is 2.06 bits per heavy atom. The Kier molecular flexibility index (Phi) is 5.98. The minimum absolute atomic E-state index is 0.00942. The Balaban J connectivity index is 1.63. The molecular weight excluding hydrogens is 466 g/mol. The molecule has 1 aliphatic rings. The second-order valence-corrected chi connectivity index (χ2v) is 10.8. The van der Waals surface area contributed by atoms with Gasteiger partial charge in [-0.2, -0.15) is 5.10 Å². The molecule has 35 heavy (non-hydrogen) atoms. The zero-order valence-electron chi connectivity index (χ0n) is 19.4. The molecule has 4 aromatic rings. The van der Waals surface area contributed by atoms with E-state index in [2.05, 4.69) is 15.4 Å². The number of amides is 1. The number of nitrogens with zero attached hydrogens (tertiary/aromatic N) is 4. The van der Waals surface area contributed by atoms with Crippen molar-refractivity contribution in [3.05, 3.63) is 71.7 Å². The van der Waals surface area contributed by atoms with Crippen molar-refractivity contribution in [1.82, 2.24) is 25.1 Å². The second-order valence-electron chi connectivity index (χ2n) is 8.58. The van der Waals surface area contributed by atoms with Gasteiger partial charge in [-0.25, -0.2) is 18.1 Å². The number of aryl methyl sites for hydroxylation is 1. The van der Waals surface area contributed by atoms with Crippen molar-refractivity contribution in [2.24, 2.45) is 0 Å². The van der Waals surface area contributed by atoms with Crippen LogP contribution in [0.1, 0.15) is 34.2 Å². The number of fused-ring (bicyclic) bond motifs is 1. The molecule has 1 saturated heterocycles. The van der Waals surface area contributed by atoms with Gasteiger partial charge in [0.2, 0.25) is 0 Å². The van der Waals surface area contributed by atoms with E-state index in [0.29, 0.717) is 40.2 Å². The van der Waals surface area contributed by atoms with Gasteiger partial charge in [-0.3, -0.25) is 9.78 Å². The number of rotatable bonds is 6. The molecule has 1 aliphatic heterocycles. The fraction of sp³-hybridized carbons (Fsp3) is 0.280. The average Bonchev–Trinajstić information content (AvgIpc) is 3.41. The van der Waals surface area contributed by atoms with E-state index >= 15 is 0 Å². The molecule has 1 fully saturated rings. The van der Waals surface area contributed by atoms with Crippen molar-refractivity contribution >= 4 is 26.8 Å². The van der Waals surface area contributed by atoms with Crippen LogP contribution in [-0.2, 0) is 16.4 Å². The minimum atomic E-state index is -3.13. The van der Waals surface area contributed by atoms with Gasteiger partial charge in [-0.05, 0) is 43.7 Å². The number of benzene rings is 1. The van der Waals surface area contributed by atoms with Crippen molar-refractivity contribution in [3.8, 4) is 17.0 Å². The third kappa shape index (κ3) is 4.61. The van der Waals surface area contributed by atoms with Crippen molar-refractivity contribution < 1.29 is 17.9 Å². The minimum Gasteiger partial charge on any atom is -0.497 e. The number of carbonyl (C=O) groups is 1. The summed E-state index contributed by atoms with van der Waals surface area (Å²) in [6.07, 6.45) is 2.14. The summed E-state index contributed by atoms with van der Waals surface area (Å²) >= 11 is 0. The molecule has 0 spiro atoms. The summed E-state index contributed by atoms with van der Waals surface area (Å²) < 4.78 is 31.4. The van der Waals surface area contributed by atoms with Gasteiger partial charge in [-0.15, -0.1) is 0 Å². The van der Waals surface area contributed by atoms with Gasteiger partial charge in [0.15, 0.2) is 15.5 Å². The number of sulfone groups is 1. The molecule has 5 rings (SSSR count). The normalized spacial score (nSPS) is 16.9. The lowest BCUT2D eigenvalue weighted by atomic mass is 10.0. The van der Waals surface area contributed by atoms with Crippen molar-refractivity contribution in [2.75, 3.05) is 18.6 Å². The van der Waals surface area contributed by atoms with Crippen LogP contribution in [0.3, 0.4) is 0 Å². The van der Waals surface area contributed by atoms with Gasteiger partial charge in [-0.1, -0.05) is 18.2 Å². The third-order valence-corrected chi connectivity index (χ3v) is 7.91. The zero-order valence-corrected chi connectivity index (χ0v) is 20.2. The first kappa shape index (κ1) is 23.0. The fourth-order valence-electron chi connectivity index (χ4n) is 4.41. The number of hydrogen-bond acceptors (Lipinski definition) is 7. The lowest BCUT2D eigenvalue weighted by molar-refractivity contribution is 0.0952. The largest absolute Gasteiger partial charge is 0.497 e. The van der Waals surface area contributed by atoms with Gasteiger partial charge < -0.3 is 10.1 Å². The molecule has 1 amide bonds. The molecule has 1 N–H and O–H groups in total. The molecule has 0 aliphatic carbocycles. The van der Waals surface area contributed by atoms with Crippen LogP contribution in [0.2, 0.25) is 0 Å². The van der Waals surface area contributed by atoms with Crippen molar-refractivity contribution in [1.29, 1.82) is 0 Å². The number of pyridine rings is 2. The molecule has 9 nitrogen and oxygen atoms in total. The number of aromatic nitrogens is 4. The van der Waals surface area contributed by atoms with E-state index in [1.54, 1.807) is 24.1 Å². The summed E-state index contributed by atoms with van der Waals surface area (Å²) in [5.74, 6) is 0.506. The molecule has 180 valence electrons. The Bertz CT molecular complexity index is 1520. The van der Waals surface area contributed by atoms with E-state index in [1.807, 2.05) is 49.4 Å². The molecule has 4 heterocycles. The molecule has 0 radical (unpaired) electrons. The molecule has 1 unspecified atom stereocenters. The highest BCUT2D eigenvalue weighted by Gasteiger charge is 2.32. The number of methoxy groups -OCH3 is 1. The Labute approximate surface area is 203 Å². The highest BCUT2D eigenvalue weighted by molar-refractivity contribution is 7.91. The van der Waals surface area contributed by atoms with Crippen LogP contribution in [0.5, 0.6) is 5.75 Å². The summed E-state index contributed by atoms with van der Waals surface area (Å²) in [6.45, 7) is 2.08. The standard InChI is InChI=1S/C25H25N5O4S/c1-16-23-21(25(31)27-14-18-7-3-4-10-26-18)13-22(17-6-5-8-20(12-17)34-2)28-24(23)30(29-16)19-9-11-35(32,33)15-19/h3-8,10,12-13,19H,9,11,14-15H2,1-2H3,(H,27,31). The van der Waals surface area contributed by atoms with Gasteiger partial charge in [0.25, 0.3) is 5.91 Å². The Morgan fingerprint density at radius 3 is 2.77 bits per heavy atom. The van der Waals surface area contributed by atoms with E-state index in [4.69, 9.17) is 9.72 Å². The summed E-state index contributed by atoms with van der Waals surface area (Å²) in [4.78, 5) is 22.5. The van der Waals surface area contributed by atoms with Crippen LogP contribution in [0.4, 0.5) is 0 Å². The lowest BCUT2D eigenvalue weighted by Gasteiger charge is -2.13. The predicted octanol–water partition coefficient (Wildman–Crippen LogP) is 3.10. The van der Waals surface area contributed by atoms with Crippen LogP contribution < -0.4 is 10.1 Å². The van der Waals surface area contributed by atoms with Gasteiger partial charge in [0.05, 0.1) is 59.2 Å². The first-order valence-corrected chi connectivity index (χ1v) is 13.1. The van der Waals surface area contributed by atoms with Gasteiger partial charge in [0.1, 0.15) is 5.75 Å². The monoisotopic (exact) mass is 491 g/mol.